The maximum Gasteiger partial charge on any atom is 0.132 e. The zero-order chi connectivity index (χ0) is 10.7. The Morgan fingerprint density at radius 3 is 2.73 bits per heavy atom. The Morgan fingerprint density at radius 2 is 2.07 bits per heavy atom. The minimum Gasteiger partial charge on any atom is -0.392 e. The normalized spacial score (nSPS) is 18.0. The van der Waals surface area contributed by atoms with Crippen molar-refractivity contribution in [2.45, 2.75) is 25.4 Å². The first kappa shape index (κ1) is 10.6. The fourth-order valence-electron chi connectivity index (χ4n) is 2.17. The Morgan fingerprint density at radius 1 is 1.33 bits per heavy atom. The maximum atomic E-state index is 13.9. The number of benzene rings is 1. The Labute approximate surface area is 89.1 Å². The number of hydrogen-bond acceptors (Lipinski definition) is 2. The zero-order valence-electron chi connectivity index (χ0n) is 8.67. The molecule has 1 aromatic rings. The average molecular weight is 209 g/mol. The smallest absolute Gasteiger partial charge is 0.132 e. The number of halogens is 1. The van der Waals surface area contributed by atoms with Gasteiger partial charge in [0.25, 0.3) is 0 Å². The van der Waals surface area contributed by atoms with Crippen LogP contribution in [0.1, 0.15) is 29.9 Å². The molecule has 15 heavy (non-hydrogen) atoms. The molecule has 0 spiro atoms. The molecule has 0 unspecified atom stereocenters. The van der Waals surface area contributed by atoms with E-state index in [-0.39, 0.29) is 12.4 Å². The van der Waals surface area contributed by atoms with Gasteiger partial charge in [-0.25, -0.2) is 4.39 Å². The number of hydrogen-bond donors (Lipinski definition) is 2. The lowest BCUT2D eigenvalue weighted by Crippen LogP contribution is -2.27. The van der Waals surface area contributed by atoms with Gasteiger partial charge in [0.05, 0.1) is 6.61 Å². The molecule has 0 bridgehead atoms. The SMILES string of the molecule is OCc1cccc(C2CCNCC2)c1F. The molecule has 1 heterocycles. The number of piperidine rings is 1. The van der Waals surface area contributed by atoms with Crippen molar-refractivity contribution in [1.82, 2.24) is 5.32 Å². The van der Waals surface area contributed by atoms with Crippen LogP contribution in [-0.2, 0) is 6.61 Å². The van der Waals surface area contributed by atoms with Crippen LogP contribution in [0, 0.1) is 5.82 Å². The quantitative estimate of drug-likeness (QED) is 0.778. The fourth-order valence-corrected chi connectivity index (χ4v) is 2.17. The summed E-state index contributed by atoms with van der Waals surface area (Å²) >= 11 is 0. The third-order valence-corrected chi connectivity index (χ3v) is 3.06. The van der Waals surface area contributed by atoms with E-state index >= 15 is 0 Å². The minimum atomic E-state index is -0.218. The van der Waals surface area contributed by atoms with Crippen LogP contribution in [0.25, 0.3) is 0 Å². The van der Waals surface area contributed by atoms with Crippen molar-refractivity contribution < 1.29 is 9.50 Å². The summed E-state index contributed by atoms with van der Waals surface area (Å²) in [5.74, 6) is 0.0876. The van der Waals surface area contributed by atoms with Crippen LogP contribution < -0.4 is 5.32 Å². The van der Waals surface area contributed by atoms with Gasteiger partial charge in [-0.2, -0.15) is 0 Å². The van der Waals surface area contributed by atoms with Gasteiger partial charge < -0.3 is 10.4 Å². The average Bonchev–Trinajstić information content (AvgIpc) is 2.30. The number of nitrogens with one attached hydrogen (secondary N) is 1. The third kappa shape index (κ3) is 2.19. The molecule has 2 N–H and O–H groups in total. The molecule has 1 saturated heterocycles. The summed E-state index contributed by atoms with van der Waals surface area (Å²) in [6, 6.07) is 5.30. The van der Waals surface area contributed by atoms with Gasteiger partial charge in [-0.1, -0.05) is 18.2 Å². The van der Waals surface area contributed by atoms with E-state index in [2.05, 4.69) is 5.32 Å². The highest BCUT2D eigenvalue weighted by Crippen LogP contribution is 2.28. The van der Waals surface area contributed by atoms with E-state index in [1.165, 1.54) is 0 Å². The molecule has 2 rings (SSSR count). The van der Waals surface area contributed by atoms with Crippen LogP contribution in [0.5, 0.6) is 0 Å². The van der Waals surface area contributed by atoms with E-state index in [0.29, 0.717) is 11.5 Å². The summed E-state index contributed by atoms with van der Waals surface area (Å²) in [4.78, 5) is 0. The van der Waals surface area contributed by atoms with E-state index in [4.69, 9.17) is 5.11 Å². The van der Waals surface area contributed by atoms with Gasteiger partial charge in [0.1, 0.15) is 5.82 Å². The highest BCUT2D eigenvalue weighted by atomic mass is 19.1. The van der Waals surface area contributed by atoms with Gasteiger partial charge in [-0.15, -0.1) is 0 Å². The maximum absolute atomic E-state index is 13.9. The summed E-state index contributed by atoms with van der Waals surface area (Å²) in [5, 5.41) is 12.2. The summed E-state index contributed by atoms with van der Waals surface area (Å²) in [5.41, 5.74) is 1.18. The van der Waals surface area contributed by atoms with Crippen molar-refractivity contribution in [1.29, 1.82) is 0 Å². The topological polar surface area (TPSA) is 32.3 Å². The second kappa shape index (κ2) is 4.73. The summed E-state index contributed by atoms with van der Waals surface area (Å²) in [6.45, 7) is 1.69. The van der Waals surface area contributed by atoms with Crippen molar-refractivity contribution in [3.63, 3.8) is 0 Å². The molecule has 3 heteroatoms. The van der Waals surface area contributed by atoms with Gasteiger partial charge in [0.2, 0.25) is 0 Å². The van der Waals surface area contributed by atoms with Gasteiger partial charge >= 0.3 is 0 Å². The highest BCUT2D eigenvalue weighted by molar-refractivity contribution is 5.28. The second-order valence-electron chi connectivity index (χ2n) is 4.00. The highest BCUT2D eigenvalue weighted by Gasteiger charge is 2.19. The van der Waals surface area contributed by atoms with Gasteiger partial charge in [-0.05, 0) is 37.4 Å². The first-order chi connectivity index (χ1) is 7.33. The molecule has 0 radical (unpaired) electrons. The first-order valence-electron chi connectivity index (χ1n) is 5.42. The monoisotopic (exact) mass is 209 g/mol. The van der Waals surface area contributed by atoms with Crippen LogP contribution >= 0.6 is 0 Å². The summed E-state index contributed by atoms with van der Waals surface area (Å²) in [7, 11) is 0. The molecule has 0 saturated carbocycles. The van der Waals surface area contributed by atoms with Crippen molar-refractivity contribution in [2.24, 2.45) is 0 Å². The molecule has 1 fully saturated rings. The van der Waals surface area contributed by atoms with Gasteiger partial charge in [-0.3, -0.25) is 0 Å². The Balaban J connectivity index is 2.26. The molecule has 82 valence electrons. The predicted molar refractivity (Wildman–Crippen MR) is 57.2 cm³/mol. The van der Waals surface area contributed by atoms with Crippen LogP contribution in [0.3, 0.4) is 0 Å². The largest absolute Gasteiger partial charge is 0.392 e. The lowest BCUT2D eigenvalue weighted by atomic mass is 9.89. The van der Waals surface area contributed by atoms with Crippen molar-refractivity contribution in [3.8, 4) is 0 Å². The third-order valence-electron chi connectivity index (χ3n) is 3.06. The van der Waals surface area contributed by atoms with E-state index in [1.807, 2.05) is 12.1 Å². The number of aliphatic hydroxyl groups is 1. The standard InChI is InChI=1S/C12H16FNO/c13-12-10(8-15)2-1-3-11(12)9-4-6-14-7-5-9/h1-3,9,14-15H,4-8H2. The second-order valence-corrected chi connectivity index (χ2v) is 4.00. The molecule has 1 aliphatic heterocycles. The lowest BCUT2D eigenvalue weighted by Gasteiger charge is -2.23. The minimum absolute atomic E-state index is 0.216. The summed E-state index contributed by atoms with van der Waals surface area (Å²) < 4.78 is 13.9. The van der Waals surface area contributed by atoms with E-state index in [0.717, 1.165) is 31.5 Å². The van der Waals surface area contributed by atoms with E-state index in [1.54, 1.807) is 6.07 Å². The molecule has 0 amide bonds. The Kier molecular flexibility index (Phi) is 3.34. The number of rotatable bonds is 2. The van der Waals surface area contributed by atoms with Crippen molar-refractivity contribution >= 4 is 0 Å². The van der Waals surface area contributed by atoms with Crippen molar-refractivity contribution in [3.05, 3.63) is 35.1 Å². The molecule has 0 atom stereocenters. The lowest BCUT2D eigenvalue weighted by molar-refractivity contribution is 0.274. The molecule has 1 aliphatic rings. The predicted octanol–water partition coefficient (Wildman–Crippen LogP) is 1.78. The van der Waals surface area contributed by atoms with E-state index < -0.39 is 0 Å². The fraction of sp³-hybridized carbons (Fsp3) is 0.500. The van der Waals surface area contributed by atoms with Crippen LogP contribution in [0.15, 0.2) is 18.2 Å². The molecular weight excluding hydrogens is 193 g/mol. The number of aliphatic hydroxyl groups excluding tert-OH is 1. The first-order valence-corrected chi connectivity index (χ1v) is 5.42. The van der Waals surface area contributed by atoms with Crippen LogP contribution in [-0.4, -0.2) is 18.2 Å². The Bertz CT molecular complexity index is 334. The molecule has 0 aliphatic carbocycles. The molecule has 2 nitrogen and oxygen atoms in total. The van der Waals surface area contributed by atoms with Gasteiger partial charge in [0.15, 0.2) is 0 Å². The summed E-state index contributed by atoms with van der Waals surface area (Å²) in [6.07, 6.45) is 1.96. The van der Waals surface area contributed by atoms with Crippen LogP contribution in [0.2, 0.25) is 0 Å². The molecule has 0 aromatic heterocycles. The van der Waals surface area contributed by atoms with Gasteiger partial charge in [0, 0.05) is 5.56 Å². The van der Waals surface area contributed by atoms with Crippen LogP contribution in [0.4, 0.5) is 4.39 Å². The zero-order valence-corrected chi connectivity index (χ0v) is 8.67. The molecule has 1 aromatic carbocycles. The van der Waals surface area contributed by atoms with E-state index in [9.17, 15) is 4.39 Å². The molecular formula is C12H16FNO. The van der Waals surface area contributed by atoms with Crippen molar-refractivity contribution in [2.75, 3.05) is 13.1 Å². The Hall–Kier alpha value is -0.930.